The second-order valence-corrected chi connectivity index (χ2v) is 8.57. The van der Waals surface area contributed by atoms with Crippen LogP contribution in [0.3, 0.4) is 0 Å². The fourth-order valence-corrected chi connectivity index (χ4v) is 4.53. The molecule has 138 valence electrons. The van der Waals surface area contributed by atoms with Gasteiger partial charge in [-0.25, -0.2) is 0 Å². The van der Waals surface area contributed by atoms with Crippen LogP contribution in [0.5, 0.6) is 5.75 Å². The van der Waals surface area contributed by atoms with Crippen LogP contribution in [0.15, 0.2) is 24.3 Å². The number of carbonyl (C=O) groups excluding carboxylic acids is 1. The number of hydrogen-bond acceptors (Lipinski definition) is 4. The van der Waals surface area contributed by atoms with Crippen LogP contribution in [0, 0.1) is 0 Å². The largest absolute Gasteiger partial charge is 0.493 e. The molecule has 2 heterocycles. The predicted molar refractivity (Wildman–Crippen MR) is 97.5 cm³/mol. The highest BCUT2D eigenvalue weighted by Crippen LogP contribution is 2.40. The van der Waals surface area contributed by atoms with Crippen LogP contribution < -0.4 is 10.1 Å². The molecular formula is C20H30N2O3. The summed E-state index contributed by atoms with van der Waals surface area (Å²) in [6.45, 7) is 11.6. The summed E-state index contributed by atoms with van der Waals surface area (Å²) in [7, 11) is 0. The zero-order chi connectivity index (χ0) is 18.2. The van der Waals surface area contributed by atoms with Gasteiger partial charge in [-0.15, -0.1) is 0 Å². The lowest BCUT2D eigenvalue weighted by atomic mass is 9.79. The molecule has 1 saturated heterocycles. The number of benzene rings is 1. The van der Waals surface area contributed by atoms with E-state index in [1.54, 1.807) is 6.92 Å². The number of fused-ring (bicyclic) bond motifs is 1. The first-order chi connectivity index (χ1) is 11.7. The summed E-state index contributed by atoms with van der Waals surface area (Å²) in [5.41, 5.74) is 0.910. The van der Waals surface area contributed by atoms with Gasteiger partial charge in [-0.2, -0.15) is 5.06 Å². The van der Waals surface area contributed by atoms with E-state index in [4.69, 9.17) is 9.57 Å². The molecule has 0 spiro atoms. The van der Waals surface area contributed by atoms with E-state index in [-0.39, 0.29) is 28.9 Å². The minimum absolute atomic E-state index is 0.0330. The smallest absolute Gasteiger partial charge is 0.217 e. The minimum Gasteiger partial charge on any atom is -0.493 e. The van der Waals surface area contributed by atoms with Gasteiger partial charge in [-0.3, -0.25) is 9.63 Å². The van der Waals surface area contributed by atoms with Gasteiger partial charge in [0, 0.05) is 35.5 Å². The Kier molecular flexibility index (Phi) is 4.82. The Hall–Kier alpha value is -1.59. The molecule has 2 aliphatic heterocycles. The van der Waals surface area contributed by atoms with Crippen molar-refractivity contribution in [1.29, 1.82) is 0 Å². The third-order valence-electron chi connectivity index (χ3n) is 5.20. The molecule has 5 nitrogen and oxygen atoms in total. The quantitative estimate of drug-likeness (QED) is 0.909. The molecule has 0 aromatic heterocycles. The first kappa shape index (κ1) is 18.2. The van der Waals surface area contributed by atoms with Crippen LogP contribution in [-0.2, 0) is 9.63 Å². The van der Waals surface area contributed by atoms with Crippen molar-refractivity contribution in [1.82, 2.24) is 10.4 Å². The van der Waals surface area contributed by atoms with E-state index in [9.17, 15) is 4.79 Å². The molecule has 3 rings (SSSR count). The van der Waals surface area contributed by atoms with Crippen LogP contribution in [-0.4, -0.2) is 41.3 Å². The van der Waals surface area contributed by atoms with Gasteiger partial charge < -0.3 is 10.1 Å². The normalized spacial score (nSPS) is 25.2. The minimum atomic E-state index is -0.159. The number of hydrogen-bond donors (Lipinski definition) is 1. The van der Waals surface area contributed by atoms with Crippen molar-refractivity contribution in [2.45, 2.75) is 70.5 Å². The fourth-order valence-electron chi connectivity index (χ4n) is 4.53. The molecule has 1 aromatic rings. The molecule has 5 heteroatoms. The Balaban J connectivity index is 1.68. The average Bonchev–Trinajstić information content (AvgIpc) is 2.87. The highest BCUT2D eigenvalue weighted by atomic mass is 16.7. The van der Waals surface area contributed by atoms with Crippen molar-refractivity contribution >= 4 is 5.91 Å². The van der Waals surface area contributed by atoms with Crippen LogP contribution in [0.2, 0.25) is 0 Å². The molecule has 0 saturated carbocycles. The lowest BCUT2D eigenvalue weighted by Crippen LogP contribution is -2.64. The maximum atomic E-state index is 11.5. The van der Waals surface area contributed by atoms with E-state index >= 15 is 0 Å². The van der Waals surface area contributed by atoms with E-state index in [1.165, 1.54) is 5.56 Å². The molecule has 1 amide bonds. The molecule has 0 aliphatic carbocycles. The van der Waals surface area contributed by atoms with Gasteiger partial charge >= 0.3 is 0 Å². The number of hydroxylamine groups is 2. The van der Waals surface area contributed by atoms with Crippen molar-refractivity contribution in [2.75, 3.05) is 13.2 Å². The predicted octanol–water partition coefficient (Wildman–Crippen LogP) is 3.25. The number of piperidine rings is 1. The van der Waals surface area contributed by atoms with Crippen molar-refractivity contribution in [3.05, 3.63) is 29.8 Å². The number of carbonyl (C=O) groups is 1. The Morgan fingerprint density at radius 3 is 2.52 bits per heavy atom. The second kappa shape index (κ2) is 6.61. The maximum absolute atomic E-state index is 11.5. The van der Waals surface area contributed by atoms with E-state index < -0.39 is 0 Å². The molecule has 1 aromatic carbocycles. The number of nitrogens with one attached hydrogen (secondary N) is 1. The second-order valence-electron chi connectivity index (χ2n) is 8.57. The Labute approximate surface area is 150 Å². The van der Waals surface area contributed by atoms with E-state index in [1.807, 2.05) is 18.2 Å². The number of ether oxygens (including phenoxy) is 1. The van der Waals surface area contributed by atoms with E-state index in [0.29, 0.717) is 13.2 Å². The van der Waals surface area contributed by atoms with Crippen LogP contribution in [0.25, 0.3) is 0 Å². The topological polar surface area (TPSA) is 50.8 Å². The van der Waals surface area contributed by atoms with Crippen LogP contribution >= 0.6 is 0 Å². The molecule has 2 aliphatic rings. The fraction of sp³-hybridized carbons (Fsp3) is 0.650. The van der Waals surface area contributed by atoms with Gasteiger partial charge in [0.25, 0.3) is 0 Å². The van der Waals surface area contributed by atoms with E-state index in [2.05, 4.69) is 44.1 Å². The van der Waals surface area contributed by atoms with Gasteiger partial charge in [-0.1, -0.05) is 18.2 Å². The first-order valence-electron chi connectivity index (χ1n) is 9.11. The monoisotopic (exact) mass is 346 g/mol. The van der Waals surface area contributed by atoms with Crippen molar-refractivity contribution in [2.24, 2.45) is 0 Å². The first-order valence-corrected chi connectivity index (χ1v) is 9.11. The van der Waals surface area contributed by atoms with Gasteiger partial charge in [0.15, 0.2) is 0 Å². The summed E-state index contributed by atoms with van der Waals surface area (Å²) in [5.74, 6) is 1.26. The van der Waals surface area contributed by atoms with E-state index in [0.717, 1.165) is 18.6 Å². The summed E-state index contributed by atoms with van der Waals surface area (Å²) in [4.78, 5) is 17.8. The van der Waals surface area contributed by atoms with Gasteiger partial charge in [-0.05, 0) is 46.6 Å². The lowest BCUT2D eigenvalue weighted by Gasteiger charge is -2.54. The zero-order valence-corrected chi connectivity index (χ0v) is 16.0. The van der Waals surface area contributed by atoms with Gasteiger partial charge in [0.1, 0.15) is 5.75 Å². The Bertz CT molecular complexity index is 624. The van der Waals surface area contributed by atoms with Crippen molar-refractivity contribution in [3.8, 4) is 5.75 Å². The Morgan fingerprint density at radius 1 is 1.24 bits per heavy atom. The average molecular weight is 346 g/mol. The molecule has 0 bridgehead atoms. The number of amides is 1. The number of para-hydroxylation sites is 1. The third kappa shape index (κ3) is 3.82. The van der Waals surface area contributed by atoms with Gasteiger partial charge in [0.05, 0.1) is 13.2 Å². The highest BCUT2D eigenvalue weighted by molar-refractivity contribution is 5.73. The van der Waals surface area contributed by atoms with Crippen molar-refractivity contribution in [3.63, 3.8) is 0 Å². The maximum Gasteiger partial charge on any atom is 0.217 e. The zero-order valence-electron chi connectivity index (χ0n) is 16.0. The molecule has 0 radical (unpaired) electrons. The standard InChI is InChI=1S/C20H30N2O3/c1-14(23)21-16-10-19(2,3)22(20(4,5)11-16)25-13-15-12-24-18-9-7-6-8-17(15)18/h6-9,15-16H,10-13H2,1-5H3,(H,21,23). The molecule has 1 unspecified atom stereocenters. The molecule has 1 N–H and O–H groups in total. The molecular weight excluding hydrogens is 316 g/mol. The summed E-state index contributed by atoms with van der Waals surface area (Å²) >= 11 is 0. The molecule has 25 heavy (non-hydrogen) atoms. The highest BCUT2D eigenvalue weighted by Gasteiger charge is 2.47. The summed E-state index contributed by atoms with van der Waals surface area (Å²) in [6.07, 6.45) is 1.74. The van der Waals surface area contributed by atoms with Crippen LogP contribution in [0.1, 0.15) is 58.9 Å². The Morgan fingerprint density at radius 2 is 1.88 bits per heavy atom. The summed E-state index contributed by atoms with van der Waals surface area (Å²) in [6, 6.07) is 8.37. The number of nitrogens with zero attached hydrogens (tertiary/aromatic N) is 1. The lowest BCUT2D eigenvalue weighted by molar-refractivity contribution is -0.286. The van der Waals surface area contributed by atoms with Crippen LogP contribution in [0.4, 0.5) is 0 Å². The third-order valence-corrected chi connectivity index (χ3v) is 5.20. The SMILES string of the molecule is CC(=O)NC1CC(C)(C)N(OCC2COc3ccccc32)C(C)(C)C1. The summed E-state index contributed by atoms with van der Waals surface area (Å²) in [5, 5.41) is 5.22. The molecule has 1 atom stereocenters. The van der Waals surface area contributed by atoms with Gasteiger partial charge in [0.2, 0.25) is 5.91 Å². The molecule has 1 fully saturated rings. The van der Waals surface area contributed by atoms with Crippen molar-refractivity contribution < 1.29 is 14.4 Å². The summed E-state index contributed by atoms with van der Waals surface area (Å²) < 4.78 is 5.77. The number of rotatable bonds is 4.